The predicted octanol–water partition coefficient (Wildman–Crippen LogP) is 0.518. The van der Waals surface area contributed by atoms with E-state index in [1.54, 1.807) is 25.5 Å². The van der Waals surface area contributed by atoms with E-state index in [9.17, 15) is 5.11 Å². The number of ether oxygens (including phenoxy) is 2. The van der Waals surface area contributed by atoms with E-state index in [4.69, 9.17) is 9.47 Å². The number of rotatable bonds is 5. The van der Waals surface area contributed by atoms with E-state index in [2.05, 4.69) is 0 Å². The molecule has 0 atom stereocenters. The summed E-state index contributed by atoms with van der Waals surface area (Å²) in [7, 11) is 3.19. The molecule has 4 bridgehead atoms. The van der Waals surface area contributed by atoms with Crippen LogP contribution in [0.1, 0.15) is 37.7 Å². The van der Waals surface area contributed by atoms with Gasteiger partial charge < -0.3 is 24.4 Å². The molecule has 0 amide bonds. The number of phenols is 1. The number of quaternary nitrogens is 2. The highest BCUT2D eigenvalue weighted by molar-refractivity contribution is 5.52. The van der Waals surface area contributed by atoms with Crippen LogP contribution in [0.3, 0.4) is 0 Å². The van der Waals surface area contributed by atoms with E-state index in [-0.39, 0.29) is 5.75 Å². The Hall–Kier alpha value is -1.46. The Labute approximate surface area is 168 Å². The van der Waals surface area contributed by atoms with Gasteiger partial charge in [-0.3, -0.25) is 0 Å². The minimum absolute atomic E-state index is 0.0971. The van der Waals surface area contributed by atoms with Crippen LogP contribution in [0, 0.1) is 23.7 Å². The molecule has 4 aliphatic carbocycles. The number of hydrogen-bond acceptors (Lipinski definition) is 3. The van der Waals surface area contributed by atoms with E-state index < -0.39 is 0 Å². The topological polar surface area (TPSA) is 47.6 Å². The first-order chi connectivity index (χ1) is 13.6. The molecule has 5 fully saturated rings. The van der Waals surface area contributed by atoms with Gasteiger partial charge in [0.05, 0.1) is 20.3 Å². The van der Waals surface area contributed by atoms with Crippen LogP contribution in [-0.4, -0.2) is 51.5 Å². The summed E-state index contributed by atoms with van der Waals surface area (Å²) in [5, 5.41) is 10.1. The monoisotopic (exact) mass is 388 g/mol. The van der Waals surface area contributed by atoms with E-state index >= 15 is 0 Å². The Bertz CT molecular complexity index is 661. The zero-order chi connectivity index (χ0) is 19.3. The van der Waals surface area contributed by atoms with Crippen molar-refractivity contribution in [3.05, 3.63) is 17.7 Å². The van der Waals surface area contributed by atoms with Gasteiger partial charge >= 0.3 is 0 Å². The van der Waals surface area contributed by atoms with Gasteiger partial charge in [-0.15, -0.1) is 0 Å². The molecule has 28 heavy (non-hydrogen) atoms. The Kier molecular flexibility index (Phi) is 4.92. The maximum absolute atomic E-state index is 10.1. The summed E-state index contributed by atoms with van der Waals surface area (Å²) in [6, 6.07) is 4.88. The Morgan fingerprint density at radius 1 is 0.857 bits per heavy atom. The van der Waals surface area contributed by atoms with E-state index in [0.717, 1.165) is 36.3 Å². The second-order valence-electron chi connectivity index (χ2n) is 9.89. The van der Waals surface area contributed by atoms with Crippen molar-refractivity contribution in [2.24, 2.45) is 23.7 Å². The molecule has 4 saturated carbocycles. The normalized spacial score (nSPS) is 39.1. The summed E-state index contributed by atoms with van der Waals surface area (Å²) in [6.07, 6.45) is 7.68. The van der Waals surface area contributed by atoms with Crippen molar-refractivity contribution in [1.29, 1.82) is 0 Å². The molecular weight excluding hydrogens is 352 g/mol. The minimum Gasteiger partial charge on any atom is -0.502 e. The highest BCUT2D eigenvalue weighted by Crippen LogP contribution is 2.53. The highest BCUT2D eigenvalue weighted by atomic mass is 16.5. The number of benzene rings is 1. The number of nitrogens with one attached hydrogen (secondary N) is 2. The summed E-state index contributed by atoms with van der Waals surface area (Å²) in [4.78, 5) is 3.56. The minimum atomic E-state index is 0.0971. The zero-order valence-electron chi connectivity index (χ0n) is 17.4. The molecule has 0 aromatic heterocycles. The molecule has 3 N–H and O–H groups in total. The first-order valence-electron chi connectivity index (χ1n) is 11.3. The highest BCUT2D eigenvalue weighted by Gasteiger charge is 2.52. The van der Waals surface area contributed by atoms with Gasteiger partial charge in [-0.1, -0.05) is 0 Å². The lowest BCUT2D eigenvalue weighted by molar-refractivity contribution is -1.03. The van der Waals surface area contributed by atoms with Crippen LogP contribution in [0.2, 0.25) is 0 Å². The fourth-order valence-corrected chi connectivity index (χ4v) is 7.37. The second-order valence-corrected chi connectivity index (χ2v) is 9.89. The number of hydrogen-bond donors (Lipinski definition) is 3. The Morgan fingerprint density at radius 3 is 1.89 bits per heavy atom. The van der Waals surface area contributed by atoms with Gasteiger partial charge in [0.25, 0.3) is 0 Å². The van der Waals surface area contributed by atoms with Crippen molar-refractivity contribution in [3.8, 4) is 17.2 Å². The van der Waals surface area contributed by atoms with Gasteiger partial charge in [0.15, 0.2) is 11.5 Å². The molecular formula is C23H36N2O3+2. The molecule has 5 aliphatic rings. The van der Waals surface area contributed by atoms with Crippen LogP contribution in [-0.2, 0) is 6.54 Å². The standard InChI is InChI=1S/C23H34N2O3/c1-27-20-12-17(13-21(28-2)23(20)26)14-24-3-5-25(6-4-24)22-18-8-15-7-16(10-18)11-19(22)9-15/h12-13,15-16,18-19,22,26H,3-11,14H2,1-2H3/p+2. The number of phenolic OH excluding ortho intramolecular Hbond substituents is 1. The summed E-state index contributed by atoms with van der Waals surface area (Å²) in [6.45, 7) is 6.08. The summed E-state index contributed by atoms with van der Waals surface area (Å²) in [5.74, 6) is 5.31. The SMILES string of the molecule is COc1cc(C[NH+]2CC[NH+](C3C4CC5CC(C4)CC3C5)CC2)cc(OC)c1O. The van der Waals surface area contributed by atoms with Gasteiger partial charge in [-0.2, -0.15) is 0 Å². The van der Waals surface area contributed by atoms with Gasteiger partial charge in [0.1, 0.15) is 32.7 Å². The van der Waals surface area contributed by atoms with E-state index in [0.29, 0.717) is 11.5 Å². The van der Waals surface area contributed by atoms with Gasteiger partial charge in [0.2, 0.25) is 5.75 Å². The van der Waals surface area contributed by atoms with E-state index in [1.165, 1.54) is 57.4 Å². The number of piperazine rings is 1. The van der Waals surface area contributed by atoms with Crippen molar-refractivity contribution in [2.45, 2.75) is 44.7 Å². The predicted molar refractivity (Wildman–Crippen MR) is 107 cm³/mol. The number of methoxy groups -OCH3 is 2. The van der Waals surface area contributed by atoms with Crippen molar-refractivity contribution in [1.82, 2.24) is 0 Å². The van der Waals surface area contributed by atoms with Crippen molar-refractivity contribution >= 4 is 0 Å². The third-order valence-corrected chi connectivity index (χ3v) is 8.29. The Morgan fingerprint density at radius 2 is 1.39 bits per heavy atom. The summed E-state index contributed by atoms with van der Waals surface area (Å²) >= 11 is 0. The van der Waals surface area contributed by atoms with Crippen LogP contribution in [0.4, 0.5) is 0 Å². The average molecular weight is 389 g/mol. The quantitative estimate of drug-likeness (QED) is 0.689. The number of aromatic hydroxyl groups is 1. The molecule has 1 saturated heterocycles. The zero-order valence-corrected chi connectivity index (χ0v) is 17.4. The molecule has 0 unspecified atom stereocenters. The van der Waals surface area contributed by atoms with Gasteiger partial charge in [-0.05, 0) is 56.1 Å². The third kappa shape index (κ3) is 3.26. The van der Waals surface area contributed by atoms with Crippen LogP contribution in [0.15, 0.2) is 12.1 Å². The maximum Gasteiger partial charge on any atom is 0.200 e. The molecule has 5 nitrogen and oxygen atoms in total. The lowest BCUT2D eigenvalue weighted by Crippen LogP contribution is -3.30. The lowest BCUT2D eigenvalue weighted by Gasteiger charge is -2.55. The Balaban J connectivity index is 1.21. The maximum atomic E-state index is 10.1. The second kappa shape index (κ2) is 7.42. The van der Waals surface area contributed by atoms with Crippen LogP contribution in [0.25, 0.3) is 0 Å². The summed E-state index contributed by atoms with van der Waals surface area (Å²) < 4.78 is 10.6. The molecule has 6 rings (SSSR count). The molecule has 0 radical (unpaired) electrons. The molecule has 1 aromatic carbocycles. The van der Waals surface area contributed by atoms with Crippen LogP contribution < -0.4 is 19.3 Å². The van der Waals surface area contributed by atoms with Crippen molar-refractivity contribution in [2.75, 3.05) is 40.4 Å². The molecule has 154 valence electrons. The lowest BCUT2D eigenvalue weighted by atomic mass is 9.54. The first-order valence-corrected chi connectivity index (χ1v) is 11.3. The van der Waals surface area contributed by atoms with Crippen molar-refractivity contribution in [3.63, 3.8) is 0 Å². The molecule has 1 aliphatic heterocycles. The smallest absolute Gasteiger partial charge is 0.200 e. The fraction of sp³-hybridized carbons (Fsp3) is 0.739. The average Bonchev–Trinajstić information content (AvgIpc) is 2.69. The van der Waals surface area contributed by atoms with Crippen molar-refractivity contribution < 1.29 is 24.4 Å². The van der Waals surface area contributed by atoms with Crippen LogP contribution in [0.5, 0.6) is 17.2 Å². The fourth-order valence-electron chi connectivity index (χ4n) is 7.37. The molecule has 5 heteroatoms. The van der Waals surface area contributed by atoms with Gasteiger partial charge in [-0.25, -0.2) is 0 Å². The van der Waals surface area contributed by atoms with Crippen LogP contribution >= 0.6 is 0 Å². The first kappa shape index (κ1) is 18.6. The molecule has 0 spiro atoms. The summed E-state index contributed by atoms with van der Waals surface area (Å²) in [5.41, 5.74) is 1.18. The molecule has 1 aromatic rings. The third-order valence-electron chi connectivity index (χ3n) is 8.29. The van der Waals surface area contributed by atoms with E-state index in [1.807, 2.05) is 17.0 Å². The van der Waals surface area contributed by atoms with Gasteiger partial charge in [0, 0.05) is 17.4 Å². The molecule has 1 heterocycles. The largest absolute Gasteiger partial charge is 0.502 e.